The Labute approximate surface area is 125 Å². The molecule has 0 aliphatic heterocycles. The van der Waals surface area contributed by atoms with Crippen LogP contribution in [-0.4, -0.2) is 12.1 Å². The molecule has 0 saturated heterocycles. The van der Waals surface area contributed by atoms with Gasteiger partial charge in [0.1, 0.15) is 6.10 Å². The van der Waals surface area contributed by atoms with Gasteiger partial charge in [-0.2, -0.15) is 0 Å². The fourth-order valence-electron chi connectivity index (χ4n) is 3.00. The second-order valence-corrected chi connectivity index (χ2v) is 6.07. The van der Waals surface area contributed by atoms with E-state index in [9.17, 15) is 4.79 Å². The highest BCUT2D eigenvalue weighted by atomic mass is 16.5. The molecule has 1 saturated carbocycles. The molecule has 0 bridgehead atoms. The van der Waals surface area contributed by atoms with Crippen LogP contribution in [0.3, 0.4) is 0 Å². The number of nitrogen functional groups attached to an aromatic ring is 1. The van der Waals surface area contributed by atoms with E-state index in [1.807, 2.05) is 36.4 Å². The average molecular weight is 283 g/mol. The number of anilines is 1. The topological polar surface area (TPSA) is 52.3 Å². The molecule has 3 nitrogen and oxygen atoms in total. The van der Waals surface area contributed by atoms with Gasteiger partial charge in [0.2, 0.25) is 0 Å². The van der Waals surface area contributed by atoms with Crippen LogP contribution in [-0.2, 0) is 4.74 Å². The molecule has 0 radical (unpaired) electrons. The zero-order chi connectivity index (χ0) is 14.8. The van der Waals surface area contributed by atoms with Crippen LogP contribution < -0.4 is 5.73 Å². The number of carbonyl (C=O) groups excluding carboxylic acids is 1. The molecule has 0 amide bonds. The lowest BCUT2D eigenvalue weighted by Gasteiger charge is -2.26. The molecule has 2 N–H and O–H groups in total. The first kappa shape index (κ1) is 13.9. The summed E-state index contributed by atoms with van der Waals surface area (Å²) in [5, 5.41) is 2.05. The molecule has 0 unspecified atom stereocenters. The molecule has 21 heavy (non-hydrogen) atoms. The quantitative estimate of drug-likeness (QED) is 0.665. The highest BCUT2D eigenvalue weighted by Crippen LogP contribution is 2.28. The SMILES string of the molecule is CC1CCC(OC(=O)c2cc3ccccc3cc2N)CC1. The van der Waals surface area contributed by atoms with Crippen molar-refractivity contribution in [3.63, 3.8) is 0 Å². The average Bonchev–Trinajstić information content (AvgIpc) is 2.49. The van der Waals surface area contributed by atoms with Crippen molar-refractivity contribution in [1.82, 2.24) is 0 Å². The molecule has 2 aromatic rings. The van der Waals surface area contributed by atoms with Crippen molar-refractivity contribution >= 4 is 22.4 Å². The summed E-state index contributed by atoms with van der Waals surface area (Å²) in [6.45, 7) is 2.25. The predicted octanol–water partition coefficient (Wildman–Crippen LogP) is 4.16. The van der Waals surface area contributed by atoms with Crippen LogP contribution in [0.25, 0.3) is 10.8 Å². The van der Waals surface area contributed by atoms with E-state index in [1.54, 1.807) is 0 Å². The van der Waals surface area contributed by atoms with Gasteiger partial charge in [0.25, 0.3) is 0 Å². The van der Waals surface area contributed by atoms with Crippen molar-refractivity contribution in [2.75, 3.05) is 5.73 Å². The van der Waals surface area contributed by atoms with Crippen LogP contribution in [0.5, 0.6) is 0 Å². The van der Waals surface area contributed by atoms with Crippen molar-refractivity contribution < 1.29 is 9.53 Å². The van der Waals surface area contributed by atoms with Crippen molar-refractivity contribution in [3.05, 3.63) is 42.0 Å². The minimum absolute atomic E-state index is 0.0413. The molecule has 110 valence electrons. The van der Waals surface area contributed by atoms with Gasteiger partial charge in [-0.1, -0.05) is 31.2 Å². The van der Waals surface area contributed by atoms with E-state index in [1.165, 1.54) is 0 Å². The van der Waals surface area contributed by atoms with Crippen LogP contribution in [0.4, 0.5) is 5.69 Å². The number of esters is 1. The molecule has 0 spiro atoms. The van der Waals surface area contributed by atoms with Gasteiger partial charge in [0, 0.05) is 5.69 Å². The van der Waals surface area contributed by atoms with Crippen molar-refractivity contribution in [1.29, 1.82) is 0 Å². The van der Waals surface area contributed by atoms with Gasteiger partial charge in [-0.3, -0.25) is 0 Å². The Balaban J connectivity index is 1.79. The summed E-state index contributed by atoms with van der Waals surface area (Å²) in [7, 11) is 0. The predicted molar refractivity (Wildman–Crippen MR) is 85.2 cm³/mol. The fraction of sp³-hybridized carbons (Fsp3) is 0.389. The van der Waals surface area contributed by atoms with E-state index in [0.29, 0.717) is 11.3 Å². The summed E-state index contributed by atoms with van der Waals surface area (Å²) >= 11 is 0. The molecule has 3 rings (SSSR count). The molecular weight excluding hydrogens is 262 g/mol. The number of benzene rings is 2. The summed E-state index contributed by atoms with van der Waals surface area (Å²) < 4.78 is 5.64. The Hall–Kier alpha value is -2.03. The van der Waals surface area contributed by atoms with Gasteiger partial charge in [0.15, 0.2) is 0 Å². The molecule has 1 fully saturated rings. The molecule has 0 atom stereocenters. The second-order valence-electron chi connectivity index (χ2n) is 6.07. The fourth-order valence-corrected chi connectivity index (χ4v) is 3.00. The second kappa shape index (κ2) is 5.76. The summed E-state index contributed by atoms with van der Waals surface area (Å²) in [4.78, 5) is 12.4. The lowest BCUT2D eigenvalue weighted by molar-refractivity contribution is 0.0175. The first-order valence-electron chi connectivity index (χ1n) is 7.63. The largest absolute Gasteiger partial charge is 0.459 e. The van der Waals surface area contributed by atoms with Crippen molar-refractivity contribution in [2.45, 2.75) is 38.7 Å². The summed E-state index contributed by atoms with van der Waals surface area (Å²) in [6, 6.07) is 11.6. The molecule has 1 aliphatic rings. The van der Waals surface area contributed by atoms with Crippen LogP contribution in [0.15, 0.2) is 36.4 Å². The Morgan fingerprint density at radius 3 is 2.38 bits per heavy atom. The highest BCUT2D eigenvalue weighted by molar-refractivity contribution is 6.01. The molecule has 0 heterocycles. The number of hydrogen-bond acceptors (Lipinski definition) is 3. The van der Waals surface area contributed by atoms with Gasteiger partial charge >= 0.3 is 5.97 Å². The normalized spacial score (nSPS) is 22.1. The Morgan fingerprint density at radius 1 is 1.10 bits per heavy atom. The zero-order valence-electron chi connectivity index (χ0n) is 12.3. The Morgan fingerprint density at radius 2 is 1.71 bits per heavy atom. The number of hydrogen-bond donors (Lipinski definition) is 1. The number of fused-ring (bicyclic) bond motifs is 1. The third kappa shape index (κ3) is 3.02. The van der Waals surface area contributed by atoms with Gasteiger partial charge in [-0.15, -0.1) is 0 Å². The van der Waals surface area contributed by atoms with Crippen LogP contribution in [0.1, 0.15) is 43.0 Å². The first-order chi connectivity index (χ1) is 10.1. The minimum Gasteiger partial charge on any atom is -0.459 e. The number of ether oxygens (including phenoxy) is 1. The summed E-state index contributed by atoms with van der Waals surface area (Å²) in [6.07, 6.45) is 4.22. The van der Waals surface area contributed by atoms with E-state index in [-0.39, 0.29) is 12.1 Å². The molecule has 0 aromatic heterocycles. The Kier molecular flexibility index (Phi) is 3.82. The van der Waals surface area contributed by atoms with E-state index in [2.05, 4.69) is 6.92 Å². The number of nitrogens with two attached hydrogens (primary N) is 1. The molecule has 1 aliphatic carbocycles. The standard InChI is InChI=1S/C18H21NO2/c1-12-6-8-15(9-7-12)21-18(20)16-10-13-4-2-3-5-14(13)11-17(16)19/h2-5,10-12,15H,6-9,19H2,1H3. The maximum absolute atomic E-state index is 12.4. The smallest absolute Gasteiger partial charge is 0.340 e. The Bertz CT molecular complexity index is 657. The summed E-state index contributed by atoms with van der Waals surface area (Å²) in [5.74, 6) is 0.448. The van der Waals surface area contributed by atoms with Crippen molar-refractivity contribution in [3.8, 4) is 0 Å². The third-order valence-electron chi connectivity index (χ3n) is 4.37. The van der Waals surface area contributed by atoms with Gasteiger partial charge in [0.05, 0.1) is 5.56 Å². The van der Waals surface area contributed by atoms with Crippen molar-refractivity contribution in [2.24, 2.45) is 5.92 Å². The van der Waals surface area contributed by atoms with E-state index < -0.39 is 0 Å². The van der Waals surface area contributed by atoms with Gasteiger partial charge < -0.3 is 10.5 Å². The lowest BCUT2D eigenvalue weighted by Crippen LogP contribution is -2.24. The third-order valence-corrected chi connectivity index (χ3v) is 4.37. The van der Waals surface area contributed by atoms with E-state index >= 15 is 0 Å². The van der Waals surface area contributed by atoms with Gasteiger partial charge in [-0.25, -0.2) is 4.79 Å². The maximum Gasteiger partial charge on any atom is 0.340 e. The number of rotatable bonds is 2. The van der Waals surface area contributed by atoms with Gasteiger partial charge in [-0.05, 0) is 54.5 Å². The first-order valence-corrected chi connectivity index (χ1v) is 7.63. The van der Waals surface area contributed by atoms with Crippen LogP contribution in [0.2, 0.25) is 0 Å². The number of carbonyl (C=O) groups is 1. The van der Waals surface area contributed by atoms with E-state index in [0.717, 1.165) is 42.4 Å². The molecule has 2 aromatic carbocycles. The lowest BCUT2D eigenvalue weighted by atomic mass is 9.89. The van der Waals surface area contributed by atoms with Crippen LogP contribution >= 0.6 is 0 Å². The maximum atomic E-state index is 12.4. The minimum atomic E-state index is -0.294. The zero-order valence-corrected chi connectivity index (χ0v) is 12.3. The molecule has 3 heteroatoms. The van der Waals surface area contributed by atoms with E-state index in [4.69, 9.17) is 10.5 Å². The van der Waals surface area contributed by atoms with Crippen LogP contribution in [0, 0.1) is 5.92 Å². The molecular formula is C18H21NO2. The summed E-state index contributed by atoms with van der Waals surface area (Å²) in [5.41, 5.74) is 6.98. The monoisotopic (exact) mass is 283 g/mol. The highest BCUT2D eigenvalue weighted by Gasteiger charge is 2.23.